The van der Waals surface area contributed by atoms with Crippen molar-refractivity contribution < 1.29 is 9.18 Å². The van der Waals surface area contributed by atoms with Crippen LogP contribution in [-0.2, 0) is 4.79 Å². The summed E-state index contributed by atoms with van der Waals surface area (Å²) in [6.45, 7) is 4.15. The Morgan fingerprint density at radius 3 is 2.76 bits per heavy atom. The number of nitrogens with one attached hydrogen (secondary N) is 3. The average Bonchev–Trinajstić information content (AvgIpc) is 2.99. The van der Waals surface area contributed by atoms with E-state index in [4.69, 9.17) is 0 Å². The second-order valence-corrected chi connectivity index (χ2v) is 9.03. The van der Waals surface area contributed by atoms with Crippen molar-refractivity contribution in [2.24, 2.45) is 23.7 Å². The molecule has 25 heavy (non-hydrogen) atoms. The normalized spacial score (nSPS) is 47.4. The summed E-state index contributed by atoms with van der Waals surface area (Å²) in [5.41, 5.74) is 0. The van der Waals surface area contributed by atoms with Crippen molar-refractivity contribution in [1.29, 1.82) is 0 Å². The van der Waals surface area contributed by atoms with Crippen LogP contribution in [-0.4, -0.2) is 43.3 Å². The number of fused-ring (bicyclic) bond motifs is 2. The predicted octanol–water partition coefficient (Wildman–Crippen LogP) is 2.39. The zero-order valence-electron chi connectivity index (χ0n) is 15.5. The quantitative estimate of drug-likeness (QED) is 0.716. The van der Waals surface area contributed by atoms with Crippen LogP contribution in [0.15, 0.2) is 0 Å². The van der Waals surface area contributed by atoms with Crippen LogP contribution in [0.3, 0.4) is 0 Å². The van der Waals surface area contributed by atoms with Crippen LogP contribution in [0, 0.1) is 23.7 Å². The summed E-state index contributed by atoms with van der Waals surface area (Å²) < 4.78 is 14.3. The largest absolute Gasteiger partial charge is 0.350 e. The van der Waals surface area contributed by atoms with Crippen LogP contribution in [0.1, 0.15) is 58.3 Å². The molecule has 0 aromatic carbocycles. The Hall–Kier alpha value is -0.680. The maximum absolute atomic E-state index is 14.3. The molecule has 0 bridgehead atoms. The van der Waals surface area contributed by atoms with Gasteiger partial charge in [-0.2, -0.15) is 0 Å². The number of carbonyl (C=O) groups is 1. The van der Waals surface area contributed by atoms with E-state index >= 15 is 0 Å². The Morgan fingerprint density at radius 2 is 1.92 bits per heavy atom. The van der Waals surface area contributed by atoms with Gasteiger partial charge < -0.3 is 16.0 Å². The van der Waals surface area contributed by atoms with E-state index in [1.54, 1.807) is 0 Å². The average molecular weight is 352 g/mol. The minimum absolute atomic E-state index is 0.0224. The van der Waals surface area contributed by atoms with Crippen molar-refractivity contribution in [3.05, 3.63) is 0 Å². The van der Waals surface area contributed by atoms with Gasteiger partial charge in [-0.1, -0.05) is 26.2 Å². The molecular weight excluding hydrogens is 317 g/mol. The van der Waals surface area contributed by atoms with Gasteiger partial charge in [-0.25, -0.2) is 4.39 Å². The molecule has 2 heterocycles. The van der Waals surface area contributed by atoms with Crippen LogP contribution in [0.5, 0.6) is 0 Å². The van der Waals surface area contributed by atoms with E-state index in [1.807, 2.05) is 0 Å². The third-order valence-corrected chi connectivity index (χ3v) is 7.52. The highest BCUT2D eigenvalue weighted by Gasteiger charge is 2.47. The SMILES string of the molecule is CC1CCC(F)C2CC(C(=O)NC3CNCCC4CCCCC43)NC12. The van der Waals surface area contributed by atoms with Gasteiger partial charge in [0.15, 0.2) is 0 Å². The van der Waals surface area contributed by atoms with E-state index in [2.05, 4.69) is 22.9 Å². The highest BCUT2D eigenvalue weighted by molar-refractivity contribution is 5.82. The van der Waals surface area contributed by atoms with E-state index in [0.717, 1.165) is 25.4 Å². The van der Waals surface area contributed by atoms with Crippen molar-refractivity contribution in [3.63, 3.8) is 0 Å². The van der Waals surface area contributed by atoms with Crippen LogP contribution in [0.2, 0.25) is 0 Å². The maximum atomic E-state index is 14.3. The lowest BCUT2D eigenvalue weighted by molar-refractivity contribution is -0.124. The molecule has 8 unspecified atom stereocenters. The van der Waals surface area contributed by atoms with E-state index in [-0.39, 0.29) is 30.0 Å². The molecule has 0 spiro atoms. The lowest BCUT2D eigenvalue weighted by Gasteiger charge is -2.36. The summed E-state index contributed by atoms with van der Waals surface area (Å²) in [5.74, 6) is 1.96. The van der Waals surface area contributed by atoms with Gasteiger partial charge in [0, 0.05) is 24.5 Å². The summed E-state index contributed by atoms with van der Waals surface area (Å²) in [5, 5.41) is 10.3. The standard InChI is InChI=1S/C20H34FN3O/c1-12-6-7-16(21)15-10-17(23-19(12)15)20(25)24-18-11-22-9-8-13-4-2-3-5-14(13)18/h12-19,22-23H,2-11H2,1H3,(H,24,25). The Morgan fingerprint density at radius 1 is 1.08 bits per heavy atom. The summed E-state index contributed by atoms with van der Waals surface area (Å²) in [4.78, 5) is 12.9. The Kier molecular flexibility index (Phi) is 5.33. The number of halogens is 1. The van der Waals surface area contributed by atoms with Gasteiger partial charge in [-0.05, 0) is 56.4 Å². The predicted molar refractivity (Wildman–Crippen MR) is 97.0 cm³/mol. The second-order valence-electron chi connectivity index (χ2n) is 9.03. The molecule has 4 fully saturated rings. The van der Waals surface area contributed by atoms with Gasteiger partial charge in [0.05, 0.1) is 6.04 Å². The van der Waals surface area contributed by atoms with Gasteiger partial charge in [0.25, 0.3) is 0 Å². The molecule has 2 saturated carbocycles. The Bertz CT molecular complexity index is 470. The first kappa shape index (κ1) is 17.7. The van der Waals surface area contributed by atoms with E-state index in [9.17, 15) is 9.18 Å². The number of carbonyl (C=O) groups excluding carboxylic acids is 1. The molecule has 4 nitrogen and oxygen atoms in total. The van der Waals surface area contributed by atoms with Crippen LogP contribution in [0.4, 0.5) is 4.39 Å². The molecule has 142 valence electrons. The van der Waals surface area contributed by atoms with Gasteiger partial charge in [0.2, 0.25) is 5.91 Å². The second kappa shape index (κ2) is 7.51. The minimum atomic E-state index is -0.742. The zero-order valence-corrected chi connectivity index (χ0v) is 15.5. The molecule has 0 radical (unpaired) electrons. The summed E-state index contributed by atoms with van der Waals surface area (Å²) >= 11 is 0. The van der Waals surface area contributed by atoms with E-state index in [0.29, 0.717) is 24.7 Å². The molecule has 4 aliphatic rings. The maximum Gasteiger partial charge on any atom is 0.237 e. The van der Waals surface area contributed by atoms with Crippen LogP contribution in [0.25, 0.3) is 0 Å². The molecule has 8 atom stereocenters. The third-order valence-electron chi connectivity index (χ3n) is 7.52. The molecular formula is C20H34FN3O. The summed E-state index contributed by atoms with van der Waals surface area (Å²) in [6, 6.07) is 0.205. The van der Waals surface area contributed by atoms with Crippen molar-refractivity contribution in [1.82, 2.24) is 16.0 Å². The molecule has 1 amide bonds. The van der Waals surface area contributed by atoms with Crippen molar-refractivity contribution >= 4 is 5.91 Å². The zero-order chi connectivity index (χ0) is 17.4. The highest BCUT2D eigenvalue weighted by Crippen LogP contribution is 2.39. The van der Waals surface area contributed by atoms with Gasteiger partial charge >= 0.3 is 0 Å². The summed E-state index contributed by atoms with van der Waals surface area (Å²) in [6.07, 6.45) is 7.93. The molecule has 0 aromatic heterocycles. The fourth-order valence-electron chi connectivity index (χ4n) is 6.06. The van der Waals surface area contributed by atoms with E-state index in [1.165, 1.54) is 32.1 Å². The lowest BCUT2D eigenvalue weighted by Crippen LogP contribution is -2.53. The molecule has 2 aliphatic carbocycles. The van der Waals surface area contributed by atoms with Gasteiger partial charge in [-0.15, -0.1) is 0 Å². The highest BCUT2D eigenvalue weighted by atomic mass is 19.1. The number of hydrogen-bond acceptors (Lipinski definition) is 3. The number of hydrogen-bond donors (Lipinski definition) is 3. The van der Waals surface area contributed by atoms with E-state index < -0.39 is 6.17 Å². The monoisotopic (exact) mass is 351 g/mol. The molecule has 3 N–H and O–H groups in total. The van der Waals surface area contributed by atoms with Crippen molar-refractivity contribution in [2.75, 3.05) is 13.1 Å². The smallest absolute Gasteiger partial charge is 0.237 e. The van der Waals surface area contributed by atoms with Gasteiger partial charge in [0.1, 0.15) is 6.17 Å². The number of alkyl halides is 1. The Balaban J connectivity index is 1.39. The first-order valence-electron chi connectivity index (χ1n) is 10.5. The fraction of sp³-hybridized carbons (Fsp3) is 0.950. The number of amides is 1. The van der Waals surface area contributed by atoms with Crippen molar-refractivity contribution in [2.45, 2.75) is 82.6 Å². The molecule has 0 aromatic rings. The van der Waals surface area contributed by atoms with Crippen LogP contribution < -0.4 is 16.0 Å². The molecule has 2 saturated heterocycles. The fourth-order valence-corrected chi connectivity index (χ4v) is 6.06. The van der Waals surface area contributed by atoms with Crippen molar-refractivity contribution in [3.8, 4) is 0 Å². The molecule has 4 rings (SSSR count). The van der Waals surface area contributed by atoms with Gasteiger partial charge in [-0.3, -0.25) is 4.79 Å². The first-order valence-corrected chi connectivity index (χ1v) is 10.5. The minimum Gasteiger partial charge on any atom is -0.350 e. The summed E-state index contributed by atoms with van der Waals surface area (Å²) in [7, 11) is 0. The Labute approximate surface area is 151 Å². The molecule has 5 heteroatoms. The first-order chi connectivity index (χ1) is 12.1. The number of rotatable bonds is 2. The topological polar surface area (TPSA) is 53.2 Å². The third kappa shape index (κ3) is 3.59. The molecule has 2 aliphatic heterocycles. The van der Waals surface area contributed by atoms with Crippen LogP contribution >= 0.6 is 0 Å². The lowest BCUT2D eigenvalue weighted by atomic mass is 9.74.